The maximum absolute atomic E-state index is 4.75. The molecule has 1 saturated heterocycles. The van der Waals surface area contributed by atoms with Gasteiger partial charge in [-0.15, -0.1) is 0 Å². The average molecular weight is 261 g/mol. The summed E-state index contributed by atoms with van der Waals surface area (Å²) in [7, 11) is 0. The summed E-state index contributed by atoms with van der Waals surface area (Å²) in [5, 5.41) is 3.34. The minimum Gasteiger partial charge on any atom is -0.311 e. The Kier molecular flexibility index (Phi) is 5.80. The van der Waals surface area contributed by atoms with Crippen LogP contribution in [0.2, 0.25) is 0 Å². The lowest BCUT2D eigenvalue weighted by Crippen LogP contribution is -2.34. The molecule has 0 spiro atoms. The summed E-state index contributed by atoms with van der Waals surface area (Å²) in [4.78, 5) is 7.32. The Labute approximate surface area is 117 Å². The first-order valence-corrected chi connectivity index (χ1v) is 7.69. The number of pyridine rings is 1. The number of likely N-dealkylation sites (tertiary alicyclic amines) is 1. The van der Waals surface area contributed by atoms with Crippen molar-refractivity contribution in [2.45, 2.75) is 46.2 Å². The van der Waals surface area contributed by atoms with Crippen LogP contribution < -0.4 is 5.32 Å². The van der Waals surface area contributed by atoms with Crippen molar-refractivity contribution in [3.05, 3.63) is 29.6 Å². The van der Waals surface area contributed by atoms with Crippen LogP contribution in [0.25, 0.3) is 0 Å². The molecule has 0 amide bonds. The second kappa shape index (κ2) is 7.61. The average Bonchev–Trinajstić information content (AvgIpc) is 2.46. The molecular weight excluding hydrogens is 234 g/mol. The van der Waals surface area contributed by atoms with E-state index in [0.717, 1.165) is 31.2 Å². The summed E-state index contributed by atoms with van der Waals surface area (Å²) in [5.74, 6) is 0.888. The number of rotatable bonds is 6. The minimum absolute atomic E-state index is 0.877. The van der Waals surface area contributed by atoms with Crippen LogP contribution in [0, 0.1) is 5.92 Å². The molecule has 3 nitrogen and oxygen atoms in total. The van der Waals surface area contributed by atoms with Gasteiger partial charge in [0, 0.05) is 19.6 Å². The Morgan fingerprint density at radius 2 is 2.16 bits per heavy atom. The molecular formula is C16H27N3. The van der Waals surface area contributed by atoms with Crippen molar-refractivity contribution in [3.8, 4) is 0 Å². The predicted octanol–water partition coefficient (Wildman–Crippen LogP) is 2.81. The lowest BCUT2D eigenvalue weighted by molar-refractivity contribution is 0.163. The number of nitrogens with zero attached hydrogens (tertiary/aromatic N) is 2. The van der Waals surface area contributed by atoms with Gasteiger partial charge in [0.1, 0.15) is 0 Å². The molecule has 1 atom stereocenters. The molecule has 1 unspecified atom stereocenters. The smallest absolute Gasteiger partial charge is 0.0547 e. The van der Waals surface area contributed by atoms with E-state index in [1.165, 1.54) is 38.0 Å². The summed E-state index contributed by atoms with van der Waals surface area (Å²) < 4.78 is 0. The molecule has 106 valence electrons. The second-order valence-corrected chi connectivity index (χ2v) is 5.55. The molecule has 0 radical (unpaired) electrons. The summed E-state index contributed by atoms with van der Waals surface area (Å²) in [6.45, 7) is 9.80. The van der Waals surface area contributed by atoms with Crippen molar-refractivity contribution in [1.82, 2.24) is 15.2 Å². The first kappa shape index (κ1) is 14.5. The standard InChI is InChI=1S/C16H27N3/c1-3-14-7-6-10-19(12-14)13-16-9-5-8-15(18-16)11-17-4-2/h5,8-9,14,17H,3-4,6-7,10-13H2,1-2H3. The van der Waals surface area contributed by atoms with Gasteiger partial charge in [-0.05, 0) is 44.0 Å². The minimum atomic E-state index is 0.877. The van der Waals surface area contributed by atoms with Gasteiger partial charge < -0.3 is 5.32 Å². The van der Waals surface area contributed by atoms with Crippen molar-refractivity contribution in [2.75, 3.05) is 19.6 Å². The summed E-state index contributed by atoms with van der Waals surface area (Å²) in [5.41, 5.74) is 2.37. The molecule has 1 aliphatic heterocycles. The zero-order chi connectivity index (χ0) is 13.5. The molecule has 0 bridgehead atoms. The highest BCUT2D eigenvalue weighted by Crippen LogP contribution is 2.20. The highest BCUT2D eigenvalue weighted by atomic mass is 15.1. The lowest BCUT2D eigenvalue weighted by atomic mass is 9.95. The number of aromatic nitrogens is 1. The molecule has 3 heteroatoms. The second-order valence-electron chi connectivity index (χ2n) is 5.55. The molecule has 2 rings (SSSR count). The van der Waals surface area contributed by atoms with Crippen LogP contribution in [0.5, 0.6) is 0 Å². The molecule has 0 aromatic carbocycles. The van der Waals surface area contributed by atoms with Crippen molar-refractivity contribution in [1.29, 1.82) is 0 Å². The molecule has 1 fully saturated rings. The van der Waals surface area contributed by atoms with E-state index in [0.29, 0.717) is 0 Å². The first-order chi connectivity index (χ1) is 9.31. The zero-order valence-corrected chi connectivity index (χ0v) is 12.4. The van der Waals surface area contributed by atoms with E-state index in [-0.39, 0.29) is 0 Å². The Hall–Kier alpha value is -0.930. The highest BCUT2D eigenvalue weighted by molar-refractivity contribution is 5.11. The van der Waals surface area contributed by atoms with Gasteiger partial charge in [-0.2, -0.15) is 0 Å². The van der Waals surface area contributed by atoms with Crippen LogP contribution in [-0.2, 0) is 13.1 Å². The van der Waals surface area contributed by atoms with Crippen LogP contribution in [0.4, 0.5) is 0 Å². The van der Waals surface area contributed by atoms with E-state index in [2.05, 4.69) is 42.3 Å². The van der Waals surface area contributed by atoms with Crippen LogP contribution in [-0.4, -0.2) is 29.5 Å². The van der Waals surface area contributed by atoms with Gasteiger partial charge in [0.15, 0.2) is 0 Å². The largest absolute Gasteiger partial charge is 0.311 e. The van der Waals surface area contributed by atoms with E-state index >= 15 is 0 Å². The van der Waals surface area contributed by atoms with Crippen LogP contribution in [0.1, 0.15) is 44.5 Å². The highest BCUT2D eigenvalue weighted by Gasteiger charge is 2.18. The predicted molar refractivity (Wildman–Crippen MR) is 79.9 cm³/mol. The molecule has 1 aromatic rings. The zero-order valence-electron chi connectivity index (χ0n) is 12.4. The first-order valence-electron chi connectivity index (χ1n) is 7.69. The topological polar surface area (TPSA) is 28.2 Å². The van der Waals surface area contributed by atoms with E-state index in [4.69, 9.17) is 4.98 Å². The molecule has 2 heterocycles. The van der Waals surface area contributed by atoms with Crippen molar-refractivity contribution in [2.24, 2.45) is 5.92 Å². The van der Waals surface area contributed by atoms with Crippen LogP contribution in [0.15, 0.2) is 18.2 Å². The molecule has 1 aromatic heterocycles. The van der Waals surface area contributed by atoms with Gasteiger partial charge in [0.05, 0.1) is 11.4 Å². The van der Waals surface area contributed by atoms with Gasteiger partial charge in [-0.3, -0.25) is 9.88 Å². The van der Waals surface area contributed by atoms with Crippen LogP contribution >= 0.6 is 0 Å². The van der Waals surface area contributed by atoms with Gasteiger partial charge >= 0.3 is 0 Å². The number of nitrogens with one attached hydrogen (secondary N) is 1. The quantitative estimate of drug-likeness (QED) is 0.853. The molecule has 19 heavy (non-hydrogen) atoms. The number of piperidine rings is 1. The normalized spacial score (nSPS) is 20.6. The molecule has 0 saturated carbocycles. The third kappa shape index (κ3) is 4.59. The van der Waals surface area contributed by atoms with E-state index in [9.17, 15) is 0 Å². The monoisotopic (exact) mass is 261 g/mol. The van der Waals surface area contributed by atoms with E-state index in [1.54, 1.807) is 0 Å². The fourth-order valence-corrected chi connectivity index (χ4v) is 2.83. The van der Waals surface area contributed by atoms with E-state index < -0.39 is 0 Å². The van der Waals surface area contributed by atoms with Crippen LogP contribution in [0.3, 0.4) is 0 Å². The molecule has 0 aliphatic carbocycles. The van der Waals surface area contributed by atoms with Crippen molar-refractivity contribution in [3.63, 3.8) is 0 Å². The Morgan fingerprint density at radius 1 is 1.32 bits per heavy atom. The fraction of sp³-hybridized carbons (Fsp3) is 0.688. The lowest BCUT2D eigenvalue weighted by Gasteiger charge is -2.32. The van der Waals surface area contributed by atoms with Gasteiger partial charge in [0.25, 0.3) is 0 Å². The Morgan fingerprint density at radius 3 is 2.95 bits per heavy atom. The summed E-state index contributed by atoms with van der Waals surface area (Å²) in [6, 6.07) is 6.40. The third-order valence-electron chi connectivity index (χ3n) is 3.99. The fourth-order valence-electron chi connectivity index (χ4n) is 2.83. The SMILES string of the molecule is CCNCc1cccc(CN2CCCC(CC)C2)n1. The van der Waals surface area contributed by atoms with Crippen molar-refractivity contribution < 1.29 is 0 Å². The summed E-state index contributed by atoms with van der Waals surface area (Å²) >= 11 is 0. The van der Waals surface area contributed by atoms with Gasteiger partial charge in [0.2, 0.25) is 0 Å². The van der Waals surface area contributed by atoms with Crippen molar-refractivity contribution >= 4 is 0 Å². The van der Waals surface area contributed by atoms with E-state index in [1.807, 2.05) is 0 Å². The maximum Gasteiger partial charge on any atom is 0.0547 e. The number of hydrogen-bond donors (Lipinski definition) is 1. The molecule has 1 aliphatic rings. The molecule has 1 N–H and O–H groups in total. The number of hydrogen-bond acceptors (Lipinski definition) is 3. The summed E-state index contributed by atoms with van der Waals surface area (Å²) in [6.07, 6.45) is 4.06. The van der Waals surface area contributed by atoms with Gasteiger partial charge in [-0.1, -0.05) is 26.3 Å². The Bertz CT molecular complexity index is 378. The maximum atomic E-state index is 4.75. The third-order valence-corrected chi connectivity index (χ3v) is 3.99. The van der Waals surface area contributed by atoms with Gasteiger partial charge in [-0.25, -0.2) is 0 Å². The Balaban J connectivity index is 1.90.